The van der Waals surface area contributed by atoms with E-state index in [-0.39, 0.29) is 48.4 Å². The molecule has 4 atom stereocenters. The molecule has 0 spiro atoms. The summed E-state index contributed by atoms with van der Waals surface area (Å²) < 4.78 is 17.5. The quantitative estimate of drug-likeness (QED) is 0.296. The van der Waals surface area contributed by atoms with Gasteiger partial charge in [-0.15, -0.1) is 0 Å². The molecular weight excluding hydrogens is 610 g/mol. The molecule has 2 N–H and O–H groups in total. The van der Waals surface area contributed by atoms with Gasteiger partial charge in [-0.3, -0.25) is 19.3 Å². The van der Waals surface area contributed by atoms with E-state index in [1.165, 1.54) is 6.26 Å². The molecule has 0 bridgehead atoms. The van der Waals surface area contributed by atoms with Crippen molar-refractivity contribution in [2.75, 3.05) is 38.7 Å². The summed E-state index contributed by atoms with van der Waals surface area (Å²) in [6.07, 6.45) is 5.29. The average Bonchev–Trinajstić information content (AvgIpc) is 3.78. The lowest BCUT2D eigenvalue weighted by Crippen LogP contribution is -2.41. The summed E-state index contributed by atoms with van der Waals surface area (Å²) in [6, 6.07) is 12.7. The lowest BCUT2D eigenvalue weighted by Gasteiger charge is -2.30. The Labute approximate surface area is 273 Å². The van der Waals surface area contributed by atoms with Gasteiger partial charge in [-0.1, -0.05) is 42.8 Å². The number of carboxylic acid groups (broad SMARTS) is 1. The number of nitrogens with zero attached hydrogens (tertiary/aromatic N) is 2. The fraction of sp³-hybridized carbons (Fsp3) is 0.514. The zero-order valence-corrected chi connectivity index (χ0v) is 27.1. The van der Waals surface area contributed by atoms with Crippen molar-refractivity contribution in [1.82, 2.24) is 9.80 Å². The predicted octanol–water partition coefficient (Wildman–Crippen LogP) is 5.48. The van der Waals surface area contributed by atoms with Crippen LogP contribution in [-0.4, -0.2) is 90.3 Å². The van der Waals surface area contributed by atoms with Crippen molar-refractivity contribution in [3.8, 4) is 0 Å². The highest BCUT2D eigenvalue weighted by atomic mass is 35.5. The van der Waals surface area contributed by atoms with Gasteiger partial charge in [0.05, 0.1) is 53.5 Å². The number of methoxy groups -OCH3 is 1. The summed E-state index contributed by atoms with van der Waals surface area (Å²) in [5.74, 6) is -0.937. The summed E-state index contributed by atoms with van der Waals surface area (Å²) in [6.45, 7) is 5.01. The Kier molecular flexibility index (Phi) is 9.98. The topological polar surface area (TPSA) is 122 Å². The van der Waals surface area contributed by atoms with Crippen LogP contribution in [0.25, 0.3) is 11.0 Å². The number of carbonyl (C=O) groups excluding carboxylic acids is 2. The lowest BCUT2D eigenvalue weighted by atomic mass is 9.87. The Morgan fingerprint density at radius 1 is 1.07 bits per heavy atom. The van der Waals surface area contributed by atoms with Crippen molar-refractivity contribution in [1.29, 1.82) is 0 Å². The van der Waals surface area contributed by atoms with E-state index in [2.05, 4.69) is 17.1 Å². The number of halogens is 1. The third-order valence-electron chi connectivity index (χ3n) is 10.0. The van der Waals surface area contributed by atoms with Gasteiger partial charge in [-0.25, -0.2) is 0 Å². The van der Waals surface area contributed by atoms with E-state index in [0.717, 1.165) is 43.3 Å². The minimum atomic E-state index is -0.731. The van der Waals surface area contributed by atoms with Crippen molar-refractivity contribution in [3.63, 3.8) is 0 Å². The first-order valence-corrected chi connectivity index (χ1v) is 16.5. The van der Waals surface area contributed by atoms with Crippen LogP contribution in [0.15, 0.2) is 53.1 Å². The minimum absolute atomic E-state index is 0.000980. The van der Waals surface area contributed by atoms with Crippen LogP contribution >= 0.6 is 11.6 Å². The van der Waals surface area contributed by atoms with Gasteiger partial charge in [0.1, 0.15) is 11.8 Å². The summed E-state index contributed by atoms with van der Waals surface area (Å²) in [5, 5.41) is 13.3. The molecule has 2 aliphatic heterocycles. The molecule has 11 heteroatoms. The Hall–Kier alpha value is -3.44. The molecule has 246 valence electrons. The highest BCUT2D eigenvalue weighted by Crippen LogP contribution is 2.32. The molecule has 1 saturated carbocycles. The third-order valence-corrected chi connectivity index (χ3v) is 10.3. The molecule has 46 heavy (non-hydrogen) atoms. The number of hydrogen-bond acceptors (Lipinski definition) is 7. The molecule has 0 unspecified atom stereocenters. The number of carboxylic acids is 1. The number of para-hydroxylation sites is 1. The lowest BCUT2D eigenvalue weighted by molar-refractivity contribution is -0.144. The van der Waals surface area contributed by atoms with Gasteiger partial charge in [0.15, 0.2) is 0 Å². The van der Waals surface area contributed by atoms with E-state index in [9.17, 15) is 19.5 Å². The third kappa shape index (κ3) is 7.10. The first kappa shape index (κ1) is 32.5. The fourth-order valence-electron chi connectivity index (χ4n) is 7.31. The Morgan fingerprint density at radius 2 is 1.85 bits per heavy atom. The van der Waals surface area contributed by atoms with Crippen LogP contribution in [0, 0.1) is 11.8 Å². The van der Waals surface area contributed by atoms with Gasteiger partial charge in [-0.05, 0) is 61.8 Å². The number of fused-ring (bicyclic) bond motifs is 1. The summed E-state index contributed by atoms with van der Waals surface area (Å²) in [4.78, 5) is 42.6. The monoisotopic (exact) mass is 651 g/mol. The number of carbonyl (C=O) groups is 3. The van der Waals surface area contributed by atoms with Crippen molar-refractivity contribution < 1.29 is 33.4 Å². The number of ether oxygens (including phenoxy) is 2. The zero-order chi connectivity index (χ0) is 32.4. The second kappa shape index (κ2) is 14.1. The second-order valence-electron chi connectivity index (χ2n) is 13.0. The predicted molar refractivity (Wildman–Crippen MR) is 174 cm³/mol. The summed E-state index contributed by atoms with van der Waals surface area (Å²) in [7, 11) is 1.76. The SMILES string of the molecule is CO[C@H]1CN([C@H]2C[C@@H](COC3CCC(C(=O)O)CC3)N(C(=O)Cc3ccc(NC(=O)c4coc5ccccc45)c(Cl)c3)C2)C[C@H]1C. The average molecular weight is 652 g/mol. The van der Waals surface area contributed by atoms with Crippen molar-refractivity contribution in [3.05, 3.63) is 64.9 Å². The Bertz CT molecular complexity index is 1570. The molecule has 3 aliphatic rings. The van der Waals surface area contributed by atoms with Gasteiger partial charge >= 0.3 is 5.97 Å². The number of anilines is 1. The molecule has 2 aromatic carbocycles. The number of amides is 2. The summed E-state index contributed by atoms with van der Waals surface area (Å²) in [5.41, 5.74) is 2.26. The van der Waals surface area contributed by atoms with E-state index in [1.54, 1.807) is 25.3 Å². The zero-order valence-electron chi connectivity index (χ0n) is 26.3. The maximum Gasteiger partial charge on any atom is 0.306 e. The van der Waals surface area contributed by atoms with Crippen LogP contribution in [0.4, 0.5) is 5.69 Å². The normalized spacial score (nSPS) is 26.9. The van der Waals surface area contributed by atoms with E-state index in [4.69, 9.17) is 25.5 Å². The standard InChI is InChI=1S/C35H42ClN3O7/c1-21-16-38(18-32(21)44-2)24-15-25(19-45-26-10-8-23(9-11-26)35(42)43)39(17-24)33(40)14-22-7-12-30(29(36)13-22)37-34(41)28-20-46-31-6-4-3-5-27(28)31/h3-7,12-13,20-21,23-26,32H,8-11,14-19H2,1-2H3,(H,37,41)(H,42,43)/t21-,23?,24+,25+,26?,32+/m1/s1. The van der Waals surface area contributed by atoms with Gasteiger partial charge in [0, 0.05) is 38.2 Å². The van der Waals surface area contributed by atoms with Crippen LogP contribution in [0.5, 0.6) is 0 Å². The van der Waals surface area contributed by atoms with Crippen LogP contribution in [0.3, 0.4) is 0 Å². The van der Waals surface area contributed by atoms with Gasteiger partial charge in [0.25, 0.3) is 5.91 Å². The minimum Gasteiger partial charge on any atom is -0.481 e. The maximum atomic E-state index is 13.8. The van der Waals surface area contributed by atoms with Crippen molar-refractivity contribution >= 4 is 46.0 Å². The first-order chi connectivity index (χ1) is 22.2. The molecule has 10 nitrogen and oxygen atoms in total. The molecule has 2 amide bonds. The smallest absolute Gasteiger partial charge is 0.306 e. The molecule has 3 fully saturated rings. The molecule has 3 heterocycles. The van der Waals surface area contributed by atoms with Gasteiger partial charge < -0.3 is 29.2 Å². The number of hydrogen-bond donors (Lipinski definition) is 2. The highest BCUT2D eigenvalue weighted by Gasteiger charge is 2.42. The van der Waals surface area contributed by atoms with Gasteiger partial charge in [0.2, 0.25) is 5.91 Å². The fourth-order valence-corrected chi connectivity index (χ4v) is 7.56. The van der Waals surface area contributed by atoms with Crippen LogP contribution in [0.1, 0.15) is 54.9 Å². The number of benzene rings is 2. The number of rotatable bonds is 10. The molecule has 2 saturated heterocycles. The molecular formula is C35H42ClN3O7. The Balaban J connectivity index is 1.11. The van der Waals surface area contributed by atoms with Crippen molar-refractivity contribution in [2.45, 2.75) is 69.7 Å². The summed E-state index contributed by atoms with van der Waals surface area (Å²) >= 11 is 6.60. The molecule has 6 rings (SSSR count). The molecule has 3 aromatic rings. The van der Waals surface area contributed by atoms with Crippen LogP contribution in [-0.2, 0) is 25.5 Å². The van der Waals surface area contributed by atoms with E-state index < -0.39 is 5.97 Å². The molecule has 0 radical (unpaired) electrons. The van der Waals surface area contributed by atoms with E-state index in [0.29, 0.717) is 53.8 Å². The van der Waals surface area contributed by atoms with E-state index >= 15 is 0 Å². The van der Waals surface area contributed by atoms with E-state index in [1.807, 2.05) is 29.2 Å². The maximum absolute atomic E-state index is 13.8. The number of aliphatic carboxylic acids is 1. The number of likely N-dealkylation sites (tertiary alicyclic amines) is 2. The Morgan fingerprint density at radius 3 is 2.57 bits per heavy atom. The van der Waals surface area contributed by atoms with Crippen LogP contribution < -0.4 is 5.32 Å². The largest absolute Gasteiger partial charge is 0.481 e. The van der Waals surface area contributed by atoms with Crippen molar-refractivity contribution in [2.24, 2.45) is 11.8 Å². The molecule has 1 aromatic heterocycles. The number of nitrogens with one attached hydrogen (secondary N) is 1. The second-order valence-corrected chi connectivity index (χ2v) is 13.4. The van der Waals surface area contributed by atoms with Gasteiger partial charge in [-0.2, -0.15) is 0 Å². The first-order valence-electron chi connectivity index (χ1n) is 16.2. The van der Waals surface area contributed by atoms with Crippen LogP contribution in [0.2, 0.25) is 5.02 Å². The highest BCUT2D eigenvalue weighted by molar-refractivity contribution is 6.34. The molecule has 1 aliphatic carbocycles. The number of furan rings is 1.